The van der Waals surface area contributed by atoms with Crippen molar-refractivity contribution in [3.8, 4) is 11.3 Å². The zero-order valence-electron chi connectivity index (χ0n) is 13.8. The molecule has 0 atom stereocenters. The van der Waals surface area contributed by atoms with Gasteiger partial charge in [-0.15, -0.1) is 10.2 Å². The minimum Gasteiger partial charge on any atom is -0.478 e. The summed E-state index contributed by atoms with van der Waals surface area (Å²) in [5.74, 6) is 1.86. The van der Waals surface area contributed by atoms with E-state index in [-0.39, 0.29) is 5.56 Å². The molecule has 1 aliphatic heterocycles. The molecule has 0 bridgehead atoms. The lowest BCUT2D eigenvalue weighted by Crippen LogP contribution is -2.45. The van der Waals surface area contributed by atoms with Crippen molar-refractivity contribution in [3.05, 3.63) is 59.9 Å². The number of carboxylic acid groups (broad SMARTS) is 1. The molecule has 1 aromatic carbocycles. The van der Waals surface area contributed by atoms with Gasteiger partial charge in [0.1, 0.15) is 23.7 Å². The minimum absolute atomic E-state index is 0.245. The molecule has 0 amide bonds. The molecular weight excluding hydrogens is 320 g/mol. The van der Waals surface area contributed by atoms with Crippen molar-refractivity contribution in [2.75, 3.05) is 13.1 Å². The molecule has 2 aromatic heterocycles. The second-order valence-electron chi connectivity index (χ2n) is 6.31. The van der Waals surface area contributed by atoms with E-state index < -0.39 is 5.97 Å². The molecule has 3 aromatic rings. The lowest BCUT2D eigenvalue weighted by Gasteiger charge is -2.37. The SMILES string of the molecule is Cn1cnnc1C1CN(Cc2ccc(-c3ccccc3C(=O)O)o2)C1. The van der Waals surface area contributed by atoms with Gasteiger partial charge in [0.2, 0.25) is 0 Å². The average Bonchev–Trinajstić information content (AvgIpc) is 3.19. The van der Waals surface area contributed by atoms with Crippen molar-refractivity contribution in [1.82, 2.24) is 19.7 Å². The van der Waals surface area contributed by atoms with Crippen molar-refractivity contribution in [3.63, 3.8) is 0 Å². The van der Waals surface area contributed by atoms with Crippen LogP contribution in [0.4, 0.5) is 0 Å². The molecule has 1 N–H and O–H groups in total. The summed E-state index contributed by atoms with van der Waals surface area (Å²) in [5.41, 5.74) is 0.844. The number of aryl methyl sites for hydroxylation is 1. The number of carboxylic acids is 1. The Labute approximate surface area is 144 Å². The van der Waals surface area contributed by atoms with Crippen LogP contribution in [0.1, 0.15) is 27.9 Å². The highest BCUT2D eigenvalue weighted by molar-refractivity contribution is 5.95. The van der Waals surface area contributed by atoms with E-state index in [1.807, 2.05) is 29.8 Å². The summed E-state index contributed by atoms with van der Waals surface area (Å²) in [5, 5.41) is 17.4. The Kier molecular flexibility index (Phi) is 3.85. The molecule has 4 rings (SSSR count). The molecule has 7 heteroatoms. The lowest BCUT2D eigenvalue weighted by molar-refractivity contribution is 0.0697. The van der Waals surface area contributed by atoms with Crippen LogP contribution in [-0.2, 0) is 13.6 Å². The summed E-state index contributed by atoms with van der Waals surface area (Å²) in [6, 6.07) is 10.6. The van der Waals surface area contributed by atoms with Crippen molar-refractivity contribution in [1.29, 1.82) is 0 Å². The maximum atomic E-state index is 11.3. The molecule has 0 saturated carbocycles. The Morgan fingerprint density at radius 1 is 1.28 bits per heavy atom. The highest BCUT2D eigenvalue weighted by Gasteiger charge is 2.31. The van der Waals surface area contributed by atoms with Gasteiger partial charge < -0.3 is 14.1 Å². The molecule has 1 fully saturated rings. The second kappa shape index (κ2) is 6.18. The van der Waals surface area contributed by atoms with E-state index >= 15 is 0 Å². The highest BCUT2D eigenvalue weighted by atomic mass is 16.4. The van der Waals surface area contributed by atoms with Crippen LogP contribution >= 0.6 is 0 Å². The van der Waals surface area contributed by atoms with Gasteiger partial charge in [0.05, 0.1) is 12.1 Å². The summed E-state index contributed by atoms with van der Waals surface area (Å²) in [6.07, 6.45) is 1.72. The molecule has 3 heterocycles. The summed E-state index contributed by atoms with van der Waals surface area (Å²) >= 11 is 0. The van der Waals surface area contributed by atoms with Gasteiger partial charge in [-0.3, -0.25) is 4.90 Å². The van der Waals surface area contributed by atoms with Crippen molar-refractivity contribution in [2.45, 2.75) is 12.5 Å². The molecule has 7 nitrogen and oxygen atoms in total. The molecule has 0 spiro atoms. The smallest absolute Gasteiger partial charge is 0.336 e. The summed E-state index contributed by atoms with van der Waals surface area (Å²) in [7, 11) is 1.96. The fourth-order valence-electron chi connectivity index (χ4n) is 3.24. The summed E-state index contributed by atoms with van der Waals surface area (Å²) in [4.78, 5) is 13.6. The largest absolute Gasteiger partial charge is 0.478 e. The fraction of sp³-hybridized carbons (Fsp3) is 0.278. The highest BCUT2D eigenvalue weighted by Crippen LogP contribution is 2.30. The van der Waals surface area contributed by atoms with E-state index in [9.17, 15) is 9.90 Å². The number of carbonyl (C=O) groups is 1. The first-order valence-corrected chi connectivity index (χ1v) is 8.09. The molecular formula is C18H18N4O3. The molecule has 25 heavy (non-hydrogen) atoms. The van der Waals surface area contributed by atoms with Gasteiger partial charge in [-0.2, -0.15) is 0 Å². The Bertz CT molecular complexity index is 908. The van der Waals surface area contributed by atoms with Gasteiger partial charge in [-0.05, 0) is 18.2 Å². The van der Waals surface area contributed by atoms with Crippen molar-refractivity contribution >= 4 is 5.97 Å². The van der Waals surface area contributed by atoms with E-state index in [2.05, 4.69) is 15.1 Å². The Balaban J connectivity index is 1.43. The van der Waals surface area contributed by atoms with Crippen LogP contribution in [-0.4, -0.2) is 43.8 Å². The molecule has 1 saturated heterocycles. The Morgan fingerprint density at radius 3 is 2.80 bits per heavy atom. The standard InChI is InChI=1S/C18H18N4O3/c1-21-11-19-20-17(21)12-8-22(9-12)10-13-6-7-16(25-13)14-4-2-3-5-15(14)18(23)24/h2-7,11-12H,8-10H2,1H3,(H,23,24). The van der Waals surface area contributed by atoms with Crippen LogP contribution in [0.2, 0.25) is 0 Å². The summed E-state index contributed by atoms with van der Waals surface area (Å²) < 4.78 is 7.83. The van der Waals surface area contributed by atoms with Gasteiger partial charge >= 0.3 is 5.97 Å². The first-order valence-electron chi connectivity index (χ1n) is 8.09. The number of furan rings is 1. The molecule has 0 unspecified atom stereocenters. The van der Waals surface area contributed by atoms with Gasteiger partial charge in [0.15, 0.2) is 0 Å². The van der Waals surface area contributed by atoms with E-state index in [4.69, 9.17) is 4.42 Å². The first kappa shape index (κ1) is 15.6. The van der Waals surface area contributed by atoms with E-state index in [1.54, 1.807) is 24.5 Å². The number of benzene rings is 1. The van der Waals surface area contributed by atoms with Gasteiger partial charge in [0, 0.05) is 31.6 Å². The number of aromatic nitrogens is 3. The lowest BCUT2D eigenvalue weighted by atomic mass is 9.99. The topological polar surface area (TPSA) is 84.4 Å². The number of rotatable bonds is 5. The predicted octanol–water partition coefficient (Wildman–Crippen LogP) is 2.37. The molecule has 0 radical (unpaired) electrons. The van der Waals surface area contributed by atoms with Crippen LogP contribution in [0, 0.1) is 0 Å². The fourth-order valence-corrected chi connectivity index (χ4v) is 3.24. The first-order chi connectivity index (χ1) is 12.1. The Morgan fingerprint density at radius 2 is 2.08 bits per heavy atom. The van der Waals surface area contributed by atoms with Gasteiger partial charge in [-0.25, -0.2) is 4.79 Å². The predicted molar refractivity (Wildman–Crippen MR) is 90.1 cm³/mol. The van der Waals surface area contributed by atoms with Crippen LogP contribution in [0.15, 0.2) is 47.1 Å². The third-order valence-electron chi connectivity index (χ3n) is 4.53. The number of hydrogen-bond acceptors (Lipinski definition) is 5. The van der Waals surface area contributed by atoms with Gasteiger partial charge in [0.25, 0.3) is 0 Å². The Hall–Kier alpha value is -2.93. The van der Waals surface area contributed by atoms with Crippen LogP contribution in [0.5, 0.6) is 0 Å². The van der Waals surface area contributed by atoms with E-state index in [1.165, 1.54) is 0 Å². The van der Waals surface area contributed by atoms with E-state index in [0.29, 0.717) is 23.8 Å². The van der Waals surface area contributed by atoms with Crippen LogP contribution in [0.3, 0.4) is 0 Å². The number of aromatic carboxylic acids is 1. The molecule has 0 aliphatic carbocycles. The number of nitrogens with zero attached hydrogens (tertiary/aromatic N) is 4. The zero-order chi connectivity index (χ0) is 17.4. The van der Waals surface area contributed by atoms with Crippen LogP contribution in [0.25, 0.3) is 11.3 Å². The van der Waals surface area contributed by atoms with Gasteiger partial charge in [-0.1, -0.05) is 18.2 Å². The van der Waals surface area contributed by atoms with Crippen LogP contribution < -0.4 is 0 Å². The van der Waals surface area contributed by atoms with Crippen molar-refractivity contribution < 1.29 is 14.3 Å². The quantitative estimate of drug-likeness (QED) is 0.769. The molecule has 128 valence electrons. The second-order valence-corrected chi connectivity index (χ2v) is 6.31. The zero-order valence-corrected chi connectivity index (χ0v) is 13.8. The third kappa shape index (κ3) is 2.94. The van der Waals surface area contributed by atoms with E-state index in [0.717, 1.165) is 24.7 Å². The monoisotopic (exact) mass is 338 g/mol. The maximum Gasteiger partial charge on any atom is 0.336 e. The minimum atomic E-state index is -0.956. The number of likely N-dealkylation sites (tertiary alicyclic amines) is 1. The average molecular weight is 338 g/mol. The maximum absolute atomic E-state index is 11.3. The molecule has 1 aliphatic rings. The van der Waals surface area contributed by atoms with Crippen molar-refractivity contribution in [2.24, 2.45) is 7.05 Å². The summed E-state index contributed by atoms with van der Waals surface area (Å²) in [6.45, 7) is 2.52. The normalized spacial score (nSPS) is 15.2. The number of hydrogen-bond donors (Lipinski definition) is 1. The third-order valence-corrected chi connectivity index (χ3v) is 4.53.